The molecule has 0 radical (unpaired) electrons. The van der Waals surface area contributed by atoms with E-state index < -0.39 is 5.97 Å². The molecule has 1 aliphatic heterocycles. The van der Waals surface area contributed by atoms with E-state index in [1.54, 1.807) is 0 Å². The largest absolute Gasteiger partial charge is 0.490 e. The molecule has 4 heteroatoms. The smallest absolute Gasteiger partial charge is 0.303 e. The van der Waals surface area contributed by atoms with Gasteiger partial charge in [-0.3, -0.25) is 4.79 Å². The molecule has 2 aromatic rings. The molecule has 0 saturated heterocycles. The van der Waals surface area contributed by atoms with Gasteiger partial charge in [0.15, 0.2) is 0 Å². The van der Waals surface area contributed by atoms with E-state index in [1.807, 2.05) is 12.1 Å². The van der Waals surface area contributed by atoms with Crippen LogP contribution < -0.4 is 9.47 Å². The quantitative estimate of drug-likeness (QED) is 0.760. The van der Waals surface area contributed by atoms with Crippen LogP contribution in [0, 0.1) is 0 Å². The van der Waals surface area contributed by atoms with Crippen LogP contribution in [0.3, 0.4) is 0 Å². The summed E-state index contributed by atoms with van der Waals surface area (Å²) in [5.41, 5.74) is 3.51. The first-order valence-electron chi connectivity index (χ1n) is 9.96. The summed E-state index contributed by atoms with van der Waals surface area (Å²) in [5.74, 6) is 1.07. The minimum absolute atomic E-state index is 0.00240. The lowest BCUT2D eigenvalue weighted by molar-refractivity contribution is -0.137. The zero-order valence-electron chi connectivity index (χ0n) is 15.5. The highest BCUT2D eigenvalue weighted by Gasteiger charge is 2.21. The van der Waals surface area contributed by atoms with Gasteiger partial charge in [-0.05, 0) is 85.9 Å². The Morgan fingerprint density at radius 1 is 1.07 bits per heavy atom. The molecule has 1 aliphatic carbocycles. The van der Waals surface area contributed by atoms with Crippen LogP contribution in [0.2, 0.25) is 0 Å². The predicted octanol–water partition coefficient (Wildman–Crippen LogP) is 5.23. The van der Waals surface area contributed by atoms with Crippen molar-refractivity contribution in [2.75, 3.05) is 0 Å². The van der Waals surface area contributed by atoms with E-state index in [2.05, 4.69) is 30.3 Å². The summed E-state index contributed by atoms with van der Waals surface area (Å²) in [6.45, 7) is 0. The van der Waals surface area contributed by atoms with Crippen LogP contribution >= 0.6 is 0 Å². The Bertz CT molecular complexity index is 808. The van der Waals surface area contributed by atoms with Crippen LogP contribution in [0.1, 0.15) is 50.5 Å². The molecule has 0 spiro atoms. The number of aryl methyl sites for hydroxylation is 1. The van der Waals surface area contributed by atoms with Crippen LogP contribution in [0.15, 0.2) is 42.5 Å². The van der Waals surface area contributed by atoms with Gasteiger partial charge in [-0.2, -0.15) is 0 Å². The third-order valence-corrected chi connectivity index (χ3v) is 5.54. The Hall–Kier alpha value is -2.49. The van der Waals surface area contributed by atoms with Gasteiger partial charge in [0, 0.05) is 6.42 Å². The van der Waals surface area contributed by atoms with Gasteiger partial charge < -0.3 is 14.6 Å². The van der Waals surface area contributed by atoms with Crippen molar-refractivity contribution in [3.05, 3.63) is 48.0 Å². The molecule has 0 aromatic heterocycles. The van der Waals surface area contributed by atoms with Crippen molar-refractivity contribution in [1.29, 1.82) is 0 Å². The summed E-state index contributed by atoms with van der Waals surface area (Å²) in [4.78, 5) is 10.8. The molecule has 2 aromatic carbocycles. The molecule has 142 valence electrons. The highest BCUT2D eigenvalue weighted by molar-refractivity contribution is 5.68. The van der Waals surface area contributed by atoms with Crippen LogP contribution in [-0.2, 0) is 11.2 Å². The van der Waals surface area contributed by atoms with Crippen molar-refractivity contribution in [2.24, 2.45) is 0 Å². The summed E-state index contributed by atoms with van der Waals surface area (Å²) in [6, 6.07) is 14.6. The van der Waals surface area contributed by atoms with Gasteiger partial charge in [0.25, 0.3) is 0 Å². The normalized spacial score (nSPS) is 19.3. The number of fused-ring (bicyclic) bond motifs is 1. The fourth-order valence-corrected chi connectivity index (χ4v) is 4.06. The number of benzene rings is 2. The minimum atomic E-state index is -0.764. The Labute approximate surface area is 160 Å². The third kappa shape index (κ3) is 4.44. The maximum atomic E-state index is 10.8. The molecule has 4 nitrogen and oxygen atoms in total. The SMILES string of the molecule is O=C(O)CCC1CCc2cc(-c3cccc(OC4CCCC4)c3)ccc2O1. The number of aliphatic carboxylic acids is 1. The first-order chi connectivity index (χ1) is 13.2. The zero-order chi connectivity index (χ0) is 18.6. The van der Waals surface area contributed by atoms with Crippen molar-refractivity contribution in [1.82, 2.24) is 0 Å². The predicted molar refractivity (Wildman–Crippen MR) is 104 cm³/mol. The van der Waals surface area contributed by atoms with E-state index in [0.29, 0.717) is 12.5 Å². The second-order valence-corrected chi connectivity index (χ2v) is 7.59. The van der Waals surface area contributed by atoms with E-state index in [9.17, 15) is 4.79 Å². The molecular formula is C23H26O4. The molecule has 1 unspecified atom stereocenters. The van der Waals surface area contributed by atoms with Crippen LogP contribution in [0.5, 0.6) is 11.5 Å². The molecule has 27 heavy (non-hydrogen) atoms. The number of rotatable bonds is 6. The van der Waals surface area contributed by atoms with Gasteiger partial charge >= 0.3 is 5.97 Å². The number of hydrogen-bond donors (Lipinski definition) is 1. The number of carboxylic acids is 1. The highest BCUT2D eigenvalue weighted by atomic mass is 16.5. The summed E-state index contributed by atoms with van der Waals surface area (Å²) in [5, 5.41) is 8.85. The Morgan fingerprint density at radius 3 is 2.70 bits per heavy atom. The number of ether oxygens (including phenoxy) is 2. The Morgan fingerprint density at radius 2 is 1.89 bits per heavy atom. The molecule has 4 rings (SSSR count). The van der Waals surface area contributed by atoms with Gasteiger partial charge in [-0.1, -0.05) is 18.2 Å². The minimum Gasteiger partial charge on any atom is -0.490 e. The van der Waals surface area contributed by atoms with E-state index in [4.69, 9.17) is 14.6 Å². The number of carboxylic acid groups (broad SMARTS) is 1. The molecule has 1 atom stereocenters. The molecule has 2 aliphatic rings. The van der Waals surface area contributed by atoms with Gasteiger partial charge in [0.2, 0.25) is 0 Å². The average Bonchev–Trinajstić information content (AvgIpc) is 3.19. The summed E-state index contributed by atoms with van der Waals surface area (Å²) >= 11 is 0. The lowest BCUT2D eigenvalue weighted by Gasteiger charge is -2.26. The molecule has 1 fully saturated rings. The monoisotopic (exact) mass is 366 g/mol. The van der Waals surface area contributed by atoms with E-state index in [1.165, 1.54) is 24.0 Å². The van der Waals surface area contributed by atoms with Crippen molar-refractivity contribution in [2.45, 2.75) is 63.6 Å². The molecule has 1 heterocycles. The number of carbonyl (C=O) groups is 1. The fraction of sp³-hybridized carbons (Fsp3) is 0.435. The van der Waals surface area contributed by atoms with E-state index in [0.717, 1.165) is 42.7 Å². The summed E-state index contributed by atoms with van der Waals surface area (Å²) in [6.07, 6.45) is 7.73. The molecule has 0 bridgehead atoms. The first kappa shape index (κ1) is 17.9. The molecular weight excluding hydrogens is 340 g/mol. The molecule has 1 N–H and O–H groups in total. The van der Waals surface area contributed by atoms with E-state index >= 15 is 0 Å². The highest BCUT2D eigenvalue weighted by Crippen LogP contribution is 2.34. The Kier molecular flexibility index (Phi) is 5.33. The second kappa shape index (κ2) is 8.03. The molecule has 0 amide bonds. The summed E-state index contributed by atoms with van der Waals surface area (Å²) < 4.78 is 12.1. The average molecular weight is 366 g/mol. The second-order valence-electron chi connectivity index (χ2n) is 7.59. The van der Waals surface area contributed by atoms with Gasteiger partial charge in [-0.15, -0.1) is 0 Å². The van der Waals surface area contributed by atoms with Gasteiger partial charge in [0.05, 0.1) is 12.2 Å². The van der Waals surface area contributed by atoms with Crippen molar-refractivity contribution in [3.63, 3.8) is 0 Å². The first-order valence-corrected chi connectivity index (χ1v) is 9.96. The lowest BCUT2D eigenvalue weighted by atomic mass is 9.95. The van der Waals surface area contributed by atoms with E-state index in [-0.39, 0.29) is 12.5 Å². The summed E-state index contributed by atoms with van der Waals surface area (Å²) in [7, 11) is 0. The standard InChI is InChI=1S/C23H26O4/c24-23(25)13-11-20-10-8-18-14-17(9-12-22(18)27-20)16-4-3-7-21(15-16)26-19-5-1-2-6-19/h3-4,7,9,12,14-15,19-20H,1-2,5-6,8,10-11,13H2,(H,24,25). The Balaban J connectivity index is 1.47. The van der Waals surface area contributed by atoms with Gasteiger partial charge in [0.1, 0.15) is 11.5 Å². The maximum absolute atomic E-state index is 10.8. The fourth-order valence-electron chi connectivity index (χ4n) is 4.06. The van der Waals surface area contributed by atoms with Crippen LogP contribution in [0.4, 0.5) is 0 Å². The van der Waals surface area contributed by atoms with Gasteiger partial charge in [-0.25, -0.2) is 0 Å². The zero-order valence-corrected chi connectivity index (χ0v) is 15.5. The number of hydrogen-bond acceptors (Lipinski definition) is 3. The maximum Gasteiger partial charge on any atom is 0.303 e. The topological polar surface area (TPSA) is 55.8 Å². The van der Waals surface area contributed by atoms with Crippen LogP contribution in [0.25, 0.3) is 11.1 Å². The van der Waals surface area contributed by atoms with Crippen LogP contribution in [-0.4, -0.2) is 23.3 Å². The van der Waals surface area contributed by atoms with Crippen molar-refractivity contribution < 1.29 is 19.4 Å². The lowest BCUT2D eigenvalue weighted by Crippen LogP contribution is -2.23. The third-order valence-electron chi connectivity index (χ3n) is 5.54. The van der Waals surface area contributed by atoms with Crippen molar-refractivity contribution >= 4 is 5.97 Å². The molecule has 1 saturated carbocycles. The van der Waals surface area contributed by atoms with Crippen molar-refractivity contribution in [3.8, 4) is 22.6 Å².